The normalized spacial score (nSPS) is 6.50. The first-order valence-electron chi connectivity index (χ1n) is 1.19. The number of hydrogen-bond acceptors (Lipinski definition) is 4. The van der Waals surface area contributed by atoms with Crippen molar-refractivity contribution >= 4 is 0 Å². The van der Waals surface area contributed by atoms with Crippen LogP contribution in [0, 0.1) is 15.0 Å². The van der Waals surface area contributed by atoms with Gasteiger partial charge >= 0.3 is 5.03 Å². The Morgan fingerprint density at radius 1 is 1.50 bits per heavy atom. The Morgan fingerprint density at radius 3 is 1.88 bits per heavy atom. The van der Waals surface area contributed by atoms with Gasteiger partial charge < -0.3 is 6.15 Å². The maximum absolute atomic E-state index is 9.17. The molecule has 5 N–H and O–H groups in total. The van der Waals surface area contributed by atoms with Crippen molar-refractivity contribution in [2.45, 2.75) is 0 Å². The molecule has 0 radical (unpaired) electrons. The molecule has 0 aliphatic heterocycles. The molecule has 0 aromatic rings. The Bertz CT molecular complexity index is 84.2. The number of rotatable bonds is 2. The summed E-state index contributed by atoms with van der Waals surface area (Å²) in [6, 6.07) is 0. The molecular formula is H5N4O4+. The molecule has 0 aliphatic carbocycles. The molecule has 0 rings (SSSR count). The van der Waals surface area contributed by atoms with Gasteiger partial charge in [0.15, 0.2) is 5.53 Å². The van der Waals surface area contributed by atoms with Crippen molar-refractivity contribution in [2.24, 2.45) is 0 Å². The fourth-order valence-electron chi connectivity index (χ4n) is 0.0698. The molecule has 48 valence electrons. The monoisotopic (exact) mass is 125 g/mol. The van der Waals surface area contributed by atoms with Crippen LogP contribution in [0.2, 0.25) is 0 Å². The molecule has 8 heteroatoms. The van der Waals surface area contributed by atoms with Crippen LogP contribution in [0.3, 0.4) is 0 Å². The summed E-state index contributed by atoms with van der Waals surface area (Å²) >= 11 is 0. The molecule has 8 nitrogen and oxygen atoms in total. The van der Waals surface area contributed by atoms with Crippen LogP contribution < -0.4 is 11.7 Å². The highest BCUT2D eigenvalue weighted by atomic mass is 16.8. The lowest BCUT2D eigenvalue weighted by atomic mass is 12.4. The zero-order valence-electron chi connectivity index (χ0n) is 3.77. The fraction of sp³-hybridized carbons (Fsp3) is 0. The fourth-order valence-corrected chi connectivity index (χ4v) is 0.0698. The molecule has 0 atom stereocenters. The summed E-state index contributed by atoms with van der Waals surface area (Å²) in [5.74, 6) is 0. The summed E-state index contributed by atoms with van der Waals surface area (Å²) in [7, 11) is 0. The zero-order valence-corrected chi connectivity index (χ0v) is 3.77. The van der Waals surface area contributed by atoms with Crippen molar-refractivity contribution in [2.75, 3.05) is 0 Å². The average Bonchev–Trinajstić information content (AvgIpc) is 1.27. The van der Waals surface area contributed by atoms with Crippen LogP contribution in [-0.2, 0) is 0 Å². The van der Waals surface area contributed by atoms with Gasteiger partial charge in [-0.25, -0.2) is 15.3 Å². The van der Waals surface area contributed by atoms with Gasteiger partial charge in [0.25, 0.3) is 0 Å². The standard InChI is InChI=1S/H2N3O4.H3N/c4-2(5)1-3(6)7;/h1H,(H,4,5);1H3/q+1;. The largest absolute Gasteiger partial charge is 0.416 e. The van der Waals surface area contributed by atoms with Gasteiger partial charge in [-0.05, 0) is 0 Å². The third kappa shape index (κ3) is 8.82. The Hall–Kier alpha value is -1.44. The highest BCUT2D eigenvalue weighted by molar-refractivity contribution is 3.89. The van der Waals surface area contributed by atoms with Gasteiger partial charge in [-0.15, -0.1) is 0 Å². The van der Waals surface area contributed by atoms with Crippen molar-refractivity contribution in [1.82, 2.24) is 11.7 Å². The van der Waals surface area contributed by atoms with Gasteiger partial charge in [0.1, 0.15) is 4.91 Å². The van der Waals surface area contributed by atoms with Crippen molar-refractivity contribution in [3.05, 3.63) is 15.0 Å². The smallest absolute Gasteiger partial charge is 0.344 e. The van der Waals surface area contributed by atoms with Gasteiger partial charge in [-0.2, -0.15) is 0 Å². The molecule has 0 saturated heterocycles. The van der Waals surface area contributed by atoms with Gasteiger partial charge in [-0.3, -0.25) is 0 Å². The molecule has 0 spiro atoms. The first-order valence-corrected chi connectivity index (χ1v) is 1.19. The second-order valence-electron chi connectivity index (χ2n) is 0.630. The van der Waals surface area contributed by atoms with Crippen LogP contribution in [0.25, 0.3) is 0 Å². The highest BCUT2D eigenvalue weighted by Gasteiger charge is 2.07. The van der Waals surface area contributed by atoms with E-state index in [1.807, 2.05) is 0 Å². The van der Waals surface area contributed by atoms with Crippen LogP contribution in [0.1, 0.15) is 0 Å². The summed E-state index contributed by atoms with van der Waals surface area (Å²) in [5.41, 5.74) is 0.861. The molecule has 8 heavy (non-hydrogen) atoms. The molecule has 0 heterocycles. The topological polar surface area (TPSA) is 130 Å². The quantitative estimate of drug-likeness (QED) is 0.321. The molecule has 0 aliphatic rings. The maximum Gasteiger partial charge on any atom is 0.416 e. The number of nitrogens with one attached hydrogen (secondary N) is 1. The van der Waals surface area contributed by atoms with E-state index in [9.17, 15) is 4.91 Å². The third-order valence-electron chi connectivity index (χ3n) is 0.167. The van der Waals surface area contributed by atoms with E-state index in [0.717, 1.165) is 5.53 Å². The summed E-state index contributed by atoms with van der Waals surface area (Å²) in [6.45, 7) is 0. The Kier molecular flexibility index (Phi) is 4.56. The lowest BCUT2D eigenvalue weighted by molar-refractivity contribution is -0.938. The molecule has 0 saturated carbocycles. The first kappa shape index (κ1) is 9.75. The van der Waals surface area contributed by atoms with Crippen molar-refractivity contribution in [3.63, 3.8) is 0 Å². The van der Waals surface area contributed by atoms with Crippen molar-refractivity contribution in [3.8, 4) is 0 Å². The minimum absolute atomic E-state index is 0. The van der Waals surface area contributed by atoms with E-state index in [-0.39, 0.29) is 6.15 Å². The second kappa shape index (κ2) is 3.74. The molecule has 0 aromatic heterocycles. The van der Waals surface area contributed by atoms with E-state index in [1.54, 1.807) is 0 Å². The third-order valence-corrected chi connectivity index (χ3v) is 0.167. The zero-order chi connectivity index (χ0) is 5.86. The first-order chi connectivity index (χ1) is 3.13. The molecule has 0 bridgehead atoms. The van der Waals surface area contributed by atoms with Gasteiger partial charge in [-0.1, -0.05) is 0 Å². The van der Waals surface area contributed by atoms with Crippen molar-refractivity contribution in [1.29, 1.82) is 0 Å². The molecular weight excluding hydrogens is 120 g/mol. The number of hydrogen-bond donors (Lipinski definition) is 3. The number of hydrazine groups is 2. The molecule has 0 amide bonds. The predicted molar refractivity (Wildman–Crippen MR) is 20.6 cm³/mol. The van der Waals surface area contributed by atoms with E-state index < -0.39 is 10.1 Å². The second-order valence-corrected chi connectivity index (χ2v) is 0.630. The molecule has 0 unspecified atom stereocenters. The van der Waals surface area contributed by atoms with Gasteiger partial charge in [0, 0.05) is 0 Å². The van der Waals surface area contributed by atoms with Crippen LogP contribution in [-0.4, -0.2) is 15.3 Å². The van der Waals surface area contributed by atoms with Crippen molar-refractivity contribution < 1.29 is 15.3 Å². The lowest BCUT2D eigenvalue weighted by Gasteiger charge is -1.72. The van der Waals surface area contributed by atoms with E-state index in [4.69, 9.17) is 15.3 Å². The highest BCUT2D eigenvalue weighted by Crippen LogP contribution is 1.52. The molecule has 0 aromatic carbocycles. The summed E-state index contributed by atoms with van der Waals surface area (Å²) in [5, 5.41) is 14.4. The maximum atomic E-state index is 9.17. The predicted octanol–water partition coefficient (Wildman–Crippen LogP) is -0.987. The minimum atomic E-state index is -1.19. The van der Waals surface area contributed by atoms with E-state index >= 15 is 0 Å². The minimum Gasteiger partial charge on any atom is -0.344 e. The lowest BCUT2D eigenvalue weighted by Crippen LogP contribution is -2.29. The van der Waals surface area contributed by atoms with Gasteiger partial charge in [0.05, 0.1) is 0 Å². The van der Waals surface area contributed by atoms with E-state index in [1.165, 1.54) is 0 Å². The Morgan fingerprint density at radius 2 is 1.88 bits per heavy atom. The SMILES string of the molecule is N.O=[N+]([O-])N[N+](=O)O. The number of nitrogens with zero attached hydrogens (tertiary/aromatic N) is 2. The Balaban J connectivity index is 0. The van der Waals surface area contributed by atoms with Crippen LogP contribution in [0.5, 0.6) is 0 Å². The van der Waals surface area contributed by atoms with Crippen LogP contribution in [0.4, 0.5) is 0 Å². The van der Waals surface area contributed by atoms with E-state index in [2.05, 4.69) is 0 Å². The summed E-state index contributed by atoms with van der Waals surface area (Å²) < 4.78 is 0. The summed E-state index contributed by atoms with van der Waals surface area (Å²) in [4.78, 5) is 18.3. The van der Waals surface area contributed by atoms with E-state index in [0.29, 0.717) is 0 Å². The number of nitro groups is 1. The summed E-state index contributed by atoms with van der Waals surface area (Å²) in [6.07, 6.45) is 0. The van der Waals surface area contributed by atoms with Gasteiger partial charge in [0.2, 0.25) is 5.03 Å². The van der Waals surface area contributed by atoms with Crippen LogP contribution >= 0.6 is 0 Å². The Labute approximate surface area is 43.3 Å². The molecule has 0 fully saturated rings. The van der Waals surface area contributed by atoms with Crippen LogP contribution in [0.15, 0.2) is 0 Å². The average molecular weight is 125 g/mol.